The van der Waals surface area contributed by atoms with Gasteiger partial charge >= 0.3 is 5.97 Å². The molecule has 0 amide bonds. The second kappa shape index (κ2) is 11.6. The van der Waals surface area contributed by atoms with Crippen molar-refractivity contribution in [2.45, 2.75) is 96.5 Å². The zero-order chi connectivity index (χ0) is 25.8. The van der Waals surface area contributed by atoms with Crippen LogP contribution in [-0.4, -0.2) is 49.5 Å². The molecule has 0 saturated heterocycles. The van der Waals surface area contributed by atoms with Gasteiger partial charge in [0, 0.05) is 5.92 Å². The Hall–Kier alpha value is -2.58. The number of halogens is 1. The number of hydrogen-bond acceptors (Lipinski definition) is 6. The quantitative estimate of drug-likeness (QED) is 0.449. The van der Waals surface area contributed by atoms with Gasteiger partial charge in [0.1, 0.15) is 11.6 Å². The molecule has 1 aromatic carbocycles. The van der Waals surface area contributed by atoms with Gasteiger partial charge in [-0.1, -0.05) is 37.3 Å². The third-order valence-electron chi connectivity index (χ3n) is 7.52. The zero-order valence-electron chi connectivity index (χ0n) is 21.4. The first-order valence-electron chi connectivity index (χ1n) is 13.2. The minimum absolute atomic E-state index is 0.0333. The third kappa shape index (κ3) is 6.40. The van der Waals surface area contributed by atoms with E-state index in [4.69, 9.17) is 4.74 Å². The number of rotatable bonds is 3. The third-order valence-corrected chi connectivity index (χ3v) is 7.52. The molecule has 36 heavy (non-hydrogen) atoms. The molecule has 0 unspecified atom stereocenters. The molecule has 2 aromatic rings. The Bertz CT molecular complexity index is 1120. The van der Waals surface area contributed by atoms with Gasteiger partial charge in [-0.05, 0) is 81.1 Å². The fraction of sp³-hybridized carbons (Fsp3) is 0.607. The Kier molecular flexibility index (Phi) is 8.57. The Morgan fingerprint density at radius 3 is 2.58 bits per heavy atom. The summed E-state index contributed by atoms with van der Waals surface area (Å²) >= 11 is 0. The molecule has 4 rings (SSSR count). The number of allylic oxidation sites excluding steroid dienone is 1. The largest absolute Gasteiger partial charge is 0.457 e. The lowest BCUT2D eigenvalue weighted by molar-refractivity contribution is -0.151. The van der Waals surface area contributed by atoms with Crippen LogP contribution in [0, 0.1) is 17.7 Å². The van der Waals surface area contributed by atoms with Gasteiger partial charge in [-0.15, -0.1) is 5.10 Å². The summed E-state index contributed by atoms with van der Waals surface area (Å²) in [5.41, 5.74) is 2.28. The van der Waals surface area contributed by atoms with Crippen LogP contribution >= 0.6 is 0 Å². The summed E-state index contributed by atoms with van der Waals surface area (Å²) in [4.78, 5) is 12.6. The monoisotopic (exact) mass is 499 g/mol. The lowest BCUT2D eigenvalue weighted by Gasteiger charge is -2.26. The van der Waals surface area contributed by atoms with E-state index in [-0.39, 0.29) is 30.0 Å². The maximum absolute atomic E-state index is 15.0. The highest BCUT2D eigenvalue weighted by Crippen LogP contribution is 2.32. The number of aliphatic hydroxyl groups is 2. The van der Waals surface area contributed by atoms with E-state index < -0.39 is 24.0 Å². The van der Waals surface area contributed by atoms with Crippen LogP contribution in [-0.2, 0) is 9.53 Å². The highest BCUT2D eigenvalue weighted by atomic mass is 19.1. The van der Waals surface area contributed by atoms with Gasteiger partial charge in [0.2, 0.25) is 0 Å². The molecule has 0 spiro atoms. The van der Waals surface area contributed by atoms with Crippen molar-refractivity contribution >= 4 is 23.1 Å². The summed E-state index contributed by atoms with van der Waals surface area (Å²) in [6.45, 7) is 6.03. The Balaban J connectivity index is 1.63. The summed E-state index contributed by atoms with van der Waals surface area (Å²) in [5, 5.41) is 28.4. The van der Waals surface area contributed by atoms with E-state index in [0.717, 1.165) is 31.3 Å². The van der Waals surface area contributed by atoms with Crippen LogP contribution in [0.15, 0.2) is 29.9 Å². The number of aliphatic hydroxyl groups excluding tert-OH is 2. The minimum Gasteiger partial charge on any atom is -0.457 e. The number of cyclic esters (lactones) is 1. The van der Waals surface area contributed by atoms with Crippen molar-refractivity contribution in [1.29, 1.82) is 0 Å². The molecule has 2 heterocycles. The van der Waals surface area contributed by atoms with Crippen LogP contribution in [0.25, 0.3) is 17.1 Å². The van der Waals surface area contributed by atoms with Gasteiger partial charge in [-0.2, -0.15) is 0 Å². The summed E-state index contributed by atoms with van der Waals surface area (Å²) < 4.78 is 22.6. The van der Waals surface area contributed by atoms with E-state index >= 15 is 0 Å². The van der Waals surface area contributed by atoms with Gasteiger partial charge in [0.25, 0.3) is 0 Å². The first-order chi connectivity index (χ1) is 17.2. The SMILES string of the molecule is C/C(=C\c1cc(F)c2nnn(C3CCC(O)CC3)c2c1)[C@H]1OC(=O)C[C@H](O)CC[C@H](C)C/C=C/[C@@H]1C. The molecule has 2 aliphatic rings. The number of carbonyl (C=O) groups is 1. The fourth-order valence-electron chi connectivity index (χ4n) is 5.34. The number of aromatic nitrogens is 3. The van der Waals surface area contributed by atoms with Crippen LogP contribution in [0.2, 0.25) is 0 Å². The molecule has 0 radical (unpaired) electrons. The van der Waals surface area contributed by atoms with E-state index in [9.17, 15) is 19.4 Å². The van der Waals surface area contributed by atoms with E-state index in [1.54, 1.807) is 4.68 Å². The van der Waals surface area contributed by atoms with Gasteiger partial charge in [0.05, 0.1) is 30.2 Å². The number of fused-ring (bicyclic) bond motifs is 1. The number of esters is 1. The Labute approximate surface area is 212 Å². The minimum atomic E-state index is -0.714. The van der Waals surface area contributed by atoms with E-state index in [0.29, 0.717) is 36.3 Å². The van der Waals surface area contributed by atoms with Crippen molar-refractivity contribution in [3.05, 3.63) is 41.2 Å². The van der Waals surface area contributed by atoms with Crippen LogP contribution in [0.5, 0.6) is 0 Å². The van der Waals surface area contributed by atoms with Crippen LogP contribution in [0.1, 0.15) is 83.7 Å². The molecule has 1 saturated carbocycles. The molecule has 1 fully saturated rings. The highest BCUT2D eigenvalue weighted by molar-refractivity contribution is 5.79. The average Bonchev–Trinajstić information content (AvgIpc) is 3.25. The fourth-order valence-corrected chi connectivity index (χ4v) is 5.34. The molecule has 0 bridgehead atoms. The summed E-state index contributed by atoms with van der Waals surface area (Å²) in [7, 11) is 0. The van der Waals surface area contributed by atoms with Crippen molar-refractivity contribution < 1.29 is 24.1 Å². The van der Waals surface area contributed by atoms with Gasteiger partial charge in [0.15, 0.2) is 5.82 Å². The first-order valence-corrected chi connectivity index (χ1v) is 13.2. The standard InChI is InChI=1S/C28H38FN3O4/c1-17-5-4-6-18(2)28(36-26(35)16-23(34)10-7-17)19(3)13-20-14-24(29)27-25(15-20)32(31-30-27)21-8-11-22(33)12-9-21/h4,6,13-15,17-18,21-23,28,33-34H,5,7-12,16H2,1-3H3/b6-4+,19-13+/t17-,18+,21?,22?,23-,28+/m1/s1. The molecule has 1 aromatic heterocycles. The second-order valence-electron chi connectivity index (χ2n) is 10.7. The van der Waals surface area contributed by atoms with Gasteiger partial charge < -0.3 is 14.9 Å². The van der Waals surface area contributed by atoms with E-state index in [1.165, 1.54) is 6.07 Å². The second-order valence-corrected chi connectivity index (χ2v) is 10.7. The molecule has 7 nitrogen and oxygen atoms in total. The van der Waals surface area contributed by atoms with Gasteiger partial charge in [-0.3, -0.25) is 4.79 Å². The van der Waals surface area contributed by atoms with Gasteiger partial charge in [-0.25, -0.2) is 9.07 Å². The number of ether oxygens (including phenoxy) is 1. The smallest absolute Gasteiger partial charge is 0.309 e. The maximum Gasteiger partial charge on any atom is 0.309 e. The lowest BCUT2D eigenvalue weighted by atomic mass is 9.92. The van der Waals surface area contributed by atoms with Crippen molar-refractivity contribution in [3.8, 4) is 0 Å². The average molecular weight is 500 g/mol. The summed E-state index contributed by atoms with van der Waals surface area (Å²) in [5.74, 6) is -0.538. The van der Waals surface area contributed by atoms with Crippen LogP contribution in [0.4, 0.5) is 4.39 Å². The first kappa shape index (κ1) is 26.5. The van der Waals surface area contributed by atoms with Crippen molar-refractivity contribution in [2.24, 2.45) is 11.8 Å². The molecular formula is C28H38FN3O4. The number of benzene rings is 1. The molecular weight excluding hydrogens is 461 g/mol. The summed E-state index contributed by atoms with van der Waals surface area (Å²) in [6.07, 6.45) is 9.73. The van der Waals surface area contributed by atoms with Crippen molar-refractivity contribution in [1.82, 2.24) is 15.0 Å². The highest BCUT2D eigenvalue weighted by Gasteiger charge is 2.26. The lowest BCUT2D eigenvalue weighted by Crippen LogP contribution is -2.28. The summed E-state index contributed by atoms with van der Waals surface area (Å²) in [6, 6.07) is 3.37. The normalized spacial score (nSPS) is 31.9. The molecule has 196 valence electrons. The van der Waals surface area contributed by atoms with E-state index in [1.807, 2.05) is 26.0 Å². The van der Waals surface area contributed by atoms with Crippen molar-refractivity contribution in [2.75, 3.05) is 0 Å². The molecule has 8 heteroatoms. The van der Waals surface area contributed by atoms with Crippen LogP contribution < -0.4 is 0 Å². The maximum atomic E-state index is 15.0. The number of carbonyl (C=O) groups excluding carboxylic acids is 1. The van der Waals surface area contributed by atoms with Crippen LogP contribution in [0.3, 0.4) is 0 Å². The van der Waals surface area contributed by atoms with Crippen molar-refractivity contribution in [3.63, 3.8) is 0 Å². The predicted molar refractivity (Wildman–Crippen MR) is 136 cm³/mol. The number of hydrogen-bond donors (Lipinski definition) is 2. The zero-order valence-corrected chi connectivity index (χ0v) is 21.4. The van der Waals surface area contributed by atoms with E-state index in [2.05, 4.69) is 29.4 Å². The molecule has 4 atom stereocenters. The Morgan fingerprint density at radius 2 is 1.83 bits per heavy atom. The molecule has 1 aliphatic heterocycles. The molecule has 1 aliphatic carbocycles. The molecule has 2 N–H and O–H groups in total. The Morgan fingerprint density at radius 1 is 1.11 bits per heavy atom. The number of nitrogens with zero attached hydrogens (tertiary/aromatic N) is 3. The predicted octanol–water partition coefficient (Wildman–Crippen LogP) is 5.12. The topological polar surface area (TPSA) is 97.5 Å².